The maximum absolute atomic E-state index is 13.7. The monoisotopic (exact) mass is 280 g/mol. The first-order valence-corrected chi connectivity index (χ1v) is 7.04. The molecule has 1 aromatic rings. The van der Waals surface area contributed by atoms with Crippen LogP contribution in [0.3, 0.4) is 0 Å². The molecule has 3 atom stereocenters. The van der Waals surface area contributed by atoms with E-state index in [9.17, 15) is 13.6 Å². The molecule has 0 aromatic heterocycles. The van der Waals surface area contributed by atoms with E-state index >= 15 is 0 Å². The second kappa shape index (κ2) is 5.13. The normalized spacial score (nSPS) is 29.4. The smallest absolute Gasteiger partial charge is 0.226 e. The number of nitrogens with zero attached hydrogens (tertiary/aromatic N) is 1. The average Bonchev–Trinajstić information content (AvgIpc) is 3.21. The highest BCUT2D eigenvalue weighted by atomic mass is 19.1. The van der Waals surface area contributed by atoms with Crippen molar-refractivity contribution in [3.8, 4) is 0 Å². The molecule has 0 bridgehead atoms. The minimum atomic E-state index is -0.449. The molecule has 1 saturated carbocycles. The van der Waals surface area contributed by atoms with Crippen molar-refractivity contribution in [1.82, 2.24) is 10.2 Å². The minimum Gasteiger partial charge on any atom is -0.337 e. The van der Waals surface area contributed by atoms with Gasteiger partial charge >= 0.3 is 0 Å². The number of carbonyl (C=O) groups is 1. The van der Waals surface area contributed by atoms with E-state index in [4.69, 9.17) is 0 Å². The second-order valence-electron chi connectivity index (χ2n) is 5.70. The largest absolute Gasteiger partial charge is 0.337 e. The van der Waals surface area contributed by atoms with Crippen LogP contribution in [0.4, 0.5) is 8.78 Å². The minimum absolute atomic E-state index is 0.0765. The SMILES string of the molecule is CC1CNCCN1C(=O)C1CC1c1cc(F)ccc1F. The second-order valence-corrected chi connectivity index (χ2v) is 5.70. The van der Waals surface area contributed by atoms with E-state index in [0.717, 1.165) is 25.2 Å². The molecular formula is C15H18F2N2O. The van der Waals surface area contributed by atoms with E-state index in [2.05, 4.69) is 5.32 Å². The molecule has 3 rings (SSSR count). The summed E-state index contributed by atoms with van der Waals surface area (Å²) in [7, 11) is 0. The quantitative estimate of drug-likeness (QED) is 0.897. The molecule has 3 nitrogen and oxygen atoms in total. The number of amides is 1. The molecule has 1 saturated heterocycles. The van der Waals surface area contributed by atoms with Crippen molar-refractivity contribution in [1.29, 1.82) is 0 Å². The molecule has 2 aliphatic rings. The van der Waals surface area contributed by atoms with Crippen LogP contribution in [0, 0.1) is 17.6 Å². The Morgan fingerprint density at radius 2 is 2.20 bits per heavy atom. The molecule has 108 valence electrons. The van der Waals surface area contributed by atoms with Gasteiger partial charge in [0, 0.05) is 31.6 Å². The first kappa shape index (κ1) is 13.5. The zero-order valence-electron chi connectivity index (χ0n) is 11.4. The van der Waals surface area contributed by atoms with Crippen LogP contribution < -0.4 is 5.32 Å². The molecule has 3 unspecified atom stereocenters. The zero-order valence-corrected chi connectivity index (χ0v) is 11.4. The van der Waals surface area contributed by atoms with Gasteiger partial charge in [-0.05, 0) is 43.0 Å². The van der Waals surface area contributed by atoms with Crippen LogP contribution in [0.5, 0.6) is 0 Å². The van der Waals surface area contributed by atoms with E-state index in [1.54, 1.807) is 0 Å². The lowest BCUT2D eigenvalue weighted by Gasteiger charge is -2.34. The number of hydrogen-bond donors (Lipinski definition) is 1. The third-order valence-electron chi connectivity index (χ3n) is 4.25. The lowest BCUT2D eigenvalue weighted by Crippen LogP contribution is -2.52. The Morgan fingerprint density at radius 3 is 2.95 bits per heavy atom. The summed E-state index contributed by atoms with van der Waals surface area (Å²) in [6, 6.07) is 3.62. The van der Waals surface area contributed by atoms with Crippen molar-refractivity contribution >= 4 is 5.91 Å². The summed E-state index contributed by atoms with van der Waals surface area (Å²) in [4.78, 5) is 14.3. The molecule has 0 spiro atoms. The number of benzene rings is 1. The zero-order chi connectivity index (χ0) is 14.3. The molecule has 1 N–H and O–H groups in total. The first-order valence-electron chi connectivity index (χ1n) is 7.04. The third kappa shape index (κ3) is 2.42. The van der Waals surface area contributed by atoms with Crippen molar-refractivity contribution in [3.63, 3.8) is 0 Å². The number of carbonyl (C=O) groups excluding carboxylic acids is 1. The molecule has 1 heterocycles. The number of nitrogens with one attached hydrogen (secondary N) is 1. The van der Waals surface area contributed by atoms with Crippen molar-refractivity contribution < 1.29 is 13.6 Å². The van der Waals surface area contributed by atoms with Crippen LogP contribution >= 0.6 is 0 Å². The van der Waals surface area contributed by atoms with E-state index in [1.165, 1.54) is 6.07 Å². The van der Waals surface area contributed by atoms with Gasteiger partial charge in [-0.2, -0.15) is 0 Å². The predicted molar refractivity (Wildman–Crippen MR) is 71.3 cm³/mol. The summed E-state index contributed by atoms with van der Waals surface area (Å²) < 4.78 is 26.9. The third-order valence-corrected chi connectivity index (χ3v) is 4.25. The summed E-state index contributed by atoms with van der Waals surface area (Å²) >= 11 is 0. The molecule has 5 heteroatoms. The van der Waals surface area contributed by atoms with E-state index in [1.807, 2.05) is 11.8 Å². The molecule has 1 amide bonds. The number of hydrogen-bond acceptors (Lipinski definition) is 2. The molecule has 20 heavy (non-hydrogen) atoms. The molecule has 1 aliphatic heterocycles. The first-order chi connectivity index (χ1) is 9.58. The highest BCUT2D eigenvalue weighted by molar-refractivity contribution is 5.83. The Labute approximate surface area is 117 Å². The molecular weight excluding hydrogens is 262 g/mol. The Kier molecular flexibility index (Phi) is 3.46. The predicted octanol–water partition coefficient (Wildman–Crippen LogP) is 1.89. The van der Waals surface area contributed by atoms with Gasteiger partial charge in [-0.15, -0.1) is 0 Å². The van der Waals surface area contributed by atoms with Crippen LogP contribution in [0.25, 0.3) is 0 Å². The Bertz CT molecular complexity index is 535. The van der Waals surface area contributed by atoms with E-state index < -0.39 is 11.6 Å². The van der Waals surface area contributed by atoms with E-state index in [-0.39, 0.29) is 23.8 Å². The summed E-state index contributed by atoms with van der Waals surface area (Å²) in [5.74, 6) is -1.14. The highest BCUT2D eigenvalue weighted by Crippen LogP contribution is 2.49. The Balaban J connectivity index is 1.72. The van der Waals surface area contributed by atoms with Crippen LogP contribution in [0.2, 0.25) is 0 Å². The summed E-state index contributed by atoms with van der Waals surface area (Å²) in [5, 5.41) is 3.23. The van der Waals surface area contributed by atoms with Gasteiger partial charge in [0.05, 0.1) is 0 Å². The van der Waals surface area contributed by atoms with Gasteiger partial charge in [-0.1, -0.05) is 0 Å². The van der Waals surface area contributed by atoms with Crippen LogP contribution in [0.15, 0.2) is 18.2 Å². The molecule has 1 aromatic carbocycles. The van der Waals surface area contributed by atoms with Crippen molar-refractivity contribution in [2.45, 2.75) is 25.3 Å². The van der Waals surface area contributed by atoms with Gasteiger partial charge in [-0.25, -0.2) is 8.78 Å². The maximum Gasteiger partial charge on any atom is 0.226 e. The van der Waals surface area contributed by atoms with Gasteiger partial charge in [-0.3, -0.25) is 4.79 Å². The highest BCUT2D eigenvalue weighted by Gasteiger charge is 2.47. The average molecular weight is 280 g/mol. The Hall–Kier alpha value is -1.49. The molecule has 1 aliphatic carbocycles. The van der Waals surface area contributed by atoms with Crippen LogP contribution in [0.1, 0.15) is 24.8 Å². The summed E-state index contributed by atoms with van der Waals surface area (Å²) in [6.07, 6.45) is 0.621. The van der Waals surface area contributed by atoms with Gasteiger partial charge in [0.25, 0.3) is 0 Å². The topological polar surface area (TPSA) is 32.3 Å². The fourth-order valence-electron chi connectivity index (χ4n) is 2.99. The van der Waals surface area contributed by atoms with Crippen LogP contribution in [-0.4, -0.2) is 36.5 Å². The van der Waals surface area contributed by atoms with Gasteiger partial charge in [0.1, 0.15) is 11.6 Å². The van der Waals surface area contributed by atoms with Gasteiger partial charge in [0.2, 0.25) is 5.91 Å². The standard InChI is InChI=1S/C15H18F2N2O/c1-9-8-18-4-5-19(9)15(20)13-7-11(13)12-6-10(16)2-3-14(12)17/h2-3,6,9,11,13,18H,4-5,7-8H2,1H3. The van der Waals surface area contributed by atoms with Crippen molar-refractivity contribution in [3.05, 3.63) is 35.4 Å². The fraction of sp³-hybridized carbons (Fsp3) is 0.533. The maximum atomic E-state index is 13.7. The van der Waals surface area contributed by atoms with Gasteiger partial charge in [0.15, 0.2) is 0 Å². The molecule has 0 radical (unpaired) electrons. The van der Waals surface area contributed by atoms with Crippen molar-refractivity contribution in [2.75, 3.05) is 19.6 Å². The van der Waals surface area contributed by atoms with E-state index in [0.29, 0.717) is 18.5 Å². The number of rotatable bonds is 2. The van der Waals surface area contributed by atoms with Crippen molar-refractivity contribution in [2.24, 2.45) is 5.92 Å². The van der Waals surface area contributed by atoms with Crippen LogP contribution in [-0.2, 0) is 4.79 Å². The number of piperazine rings is 1. The lowest BCUT2D eigenvalue weighted by molar-refractivity contribution is -0.135. The number of halogens is 2. The van der Waals surface area contributed by atoms with Gasteiger partial charge < -0.3 is 10.2 Å². The lowest BCUT2D eigenvalue weighted by atomic mass is 10.1. The molecule has 2 fully saturated rings. The summed E-state index contributed by atoms with van der Waals surface area (Å²) in [6.45, 7) is 4.28. The fourth-order valence-corrected chi connectivity index (χ4v) is 2.99. The Morgan fingerprint density at radius 1 is 1.40 bits per heavy atom. The summed E-state index contributed by atoms with van der Waals surface area (Å²) in [5.41, 5.74) is 0.339.